The third-order valence-corrected chi connectivity index (χ3v) is 8.27. The van der Waals surface area contributed by atoms with Crippen molar-refractivity contribution in [2.24, 2.45) is 11.8 Å². The van der Waals surface area contributed by atoms with Gasteiger partial charge in [-0.15, -0.1) is 0 Å². The number of aryl methyl sites for hydroxylation is 1. The fourth-order valence-electron chi connectivity index (χ4n) is 6.36. The summed E-state index contributed by atoms with van der Waals surface area (Å²) >= 11 is 6.00. The normalized spacial score (nSPS) is 23.4. The van der Waals surface area contributed by atoms with Gasteiger partial charge in [-0.2, -0.15) is 0 Å². The summed E-state index contributed by atoms with van der Waals surface area (Å²) in [6.45, 7) is 2.73. The van der Waals surface area contributed by atoms with Gasteiger partial charge in [0.25, 0.3) is 5.91 Å². The predicted octanol–water partition coefficient (Wildman–Crippen LogP) is 4.41. The van der Waals surface area contributed by atoms with Crippen molar-refractivity contribution in [3.8, 4) is 0 Å². The van der Waals surface area contributed by atoms with E-state index in [-0.39, 0.29) is 23.7 Å². The fourth-order valence-corrected chi connectivity index (χ4v) is 6.53. The van der Waals surface area contributed by atoms with E-state index in [4.69, 9.17) is 16.3 Å². The average molecular weight is 529 g/mol. The molecule has 3 aromatic rings. The minimum atomic E-state index is -1.16. The molecule has 7 nitrogen and oxygen atoms in total. The molecular formula is C30H25ClN2O5. The van der Waals surface area contributed by atoms with E-state index in [2.05, 4.69) is 5.32 Å². The lowest BCUT2D eigenvalue weighted by molar-refractivity contribution is -0.159. The standard InChI is InChI=1S/C30H25ClN2O5/c1-15-11-12-17(31)13-22(15)32-23(34)14-38-30(37)16(2)33-28(35)26-24-18-7-3-4-8-19(18)25(27(26)29(33)36)21-10-6-5-9-20(21)24/h3-13,16,24-27H,14H2,1-2H3,(H,32,34)/t16-,24?,25?,26-,27-/m0/s1. The number of hydrogen-bond donors (Lipinski definition) is 1. The van der Waals surface area contributed by atoms with Crippen LogP contribution in [0.25, 0.3) is 0 Å². The maximum atomic E-state index is 13.8. The van der Waals surface area contributed by atoms with Crippen LogP contribution in [-0.2, 0) is 23.9 Å². The highest BCUT2D eigenvalue weighted by Crippen LogP contribution is 2.61. The monoisotopic (exact) mass is 528 g/mol. The number of nitrogens with zero attached hydrogens (tertiary/aromatic N) is 1. The summed E-state index contributed by atoms with van der Waals surface area (Å²) in [6.07, 6.45) is 0. The maximum Gasteiger partial charge on any atom is 0.329 e. The number of carbonyl (C=O) groups excluding carboxylic acids is 4. The zero-order chi connectivity index (χ0) is 26.7. The largest absolute Gasteiger partial charge is 0.454 e. The number of rotatable bonds is 5. The molecule has 0 radical (unpaired) electrons. The van der Waals surface area contributed by atoms with Crippen LogP contribution < -0.4 is 5.32 Å². The van der Waals surface area contributed by atoms with Crippen LogP contribution in [0.2, 0.25) is 5.02 Å². The lowest BCUT2D eigenvalue weighted by Crippen LogP contribution is -2.45. The van der Waals surface area contributed by atoms with Gasteiger partial charge in [0.2, 0.25) is 11.8 Å². The molecule has 3 atom stereocenters. The Morgan fingerprint density at radius 1 is 0.895 bits per heavy atom. The lowest BCUT2D eigenvalue weighted by atomic mass is 9.55. The van der Waals surface area contributed by atoms with Gasteiger partial charge in [-0.05, 0) is 53.8 Å². The highest BCUT2D eigenvalue weighted by Gasteiger charge is 2.62. The van der Waals surface area contributed by atoms with Gasteiger partial charge in [0.05, 0.1) is 11.8 Å². The van der Waals surface area contributed by atoms with Crippen LogP contribution in [0.4, 0.5) is 5.69 Å². The van der Waals surface area contributed by atoms with Gasteiger partial charge in [-0.1, -0.05) is 66.2 Å². The van der Waals surface area contributed by atoms with Gasteiger partial charge < -0.3 is 10.1 Å². The summed E-state index contributed by atoms with van der Waals surface area (Å²) in [4.78, 5) is 53.9. The molecule has 1 saturated heterocycles. The lowest BCUT2D eigenvalue weighted by Gasteiger charge is -2.45. The van der Waals surface area contributed by atoms with E-state index in [0.29, 0.717) is 10.7 Å². The zero-order valence-corrected chi connectivity index (χ0v) is 21.6. The van der Waals surface area contributed by atoms with Crippen LogP contribution in [0.1, 0.15) is 46.6 Å². The topological polar surface area (TPSA) is 92.8 Å². The van der Waals surface area contributed by atoms with E-state index in [1.54, 1.807) is 18.2 Å². The number of halogens is 1. The van der Waals surface area contributed by atoms with Crippen LogP contribution in [0.5, 0.6) is 0 Å². The van der Waals surface area contributed by atoms with Gasteiger partial charge in [0.15, 0.2) is 6.61 Å². The fraction of sp³-hybridized carbons (Fsp3) is 0.267. The molecule has 1 fully saturated rings. The van der Waals surface area contributed by atoms with Gasteiger partial charge >= 0.3 is 5.97 Å². The third kappa shape index (κ3) is 3.64. The second kappa shape index (κ2) is 9.10. The molecule has 38 heavy (non-hydrogen) atoms. The number of hydrogen-bond acceptors (Lipinski definition) is 5. The Labute approximate surface area is 224 Å². The first-order valence-corrected chi connectivity index (χ1v) is 12.9. The molecule has 3 aromatic carbocycles. The molecule has 0 unspecified atom stereocenters. The predicted molar refractivity (Wildman–Crippen MR) is 141 cm³/mol. The Kier molecular flexibility index (Phi) is 5.83. The summed E-state index contributed by atoms with van der Waals surface area (Å²) in [5, 5.41) is 3.13. The molecule has 7 rings (SSSR count). The van der Waals surface area contributed by atoms with E-state index in [9.17, 15) is 19.2 Å². The first-order valence-electron chi connectivity index (χ1n) is 12.5. The van der Waals surface area contributed by atoms with E-state index >= 15 is 0 Å². The zero-order valence-electron chi connectivity index (χ0n) is 20.8. The number of esters is 1. The summed E-state index contributed by atoms with van der Waals surface area (Å²) < 4.78 is 5.23. The summed E-state index contributed by atoms with van der Waals surface area (Å²) in [6, 6.07) is 19.8. The minimum absolute atomic E-state index is 0.256. The van der Waals surface area contributed by atoms with Crippen molar-refractivity contribution in [2.75, 3.05) is 11.9 Å². The van der Waals surface area contributed by atoms with Crippen LogP contribution >= 0.6 is 11.6 Å². The molecule has 8 heteroatoms. The molecule has 3 aliphatic carbocycles. The first kappa shape index (κ1) is 24.4. The van der Waals surface area contributed by atoms with E-state index in [1.807, 2.05) is 55.5 Å². The molecule has 1 aliphatic heterocycles. The molecule has 1 heterocycles. The number of imide groups is 1. The van der Waals surface area contributed by atoms with Crippen molar-refractivity contribution in [1.29, 1.82) is 0 Å². The molecular weight excluding hydrogens is 504 g/mol. The smallest absolute Gasteiger partial charge is 0.329 e. The molecule has 0 aromatic heterocycles. The molecule has 1 N–H and O–H groups in total. The van der Waals surface area contributed by atoms with Crippen LogP contribution in [0, 0.1) is 18.8 Å². The van der Waals surface area contributed by atoms with E-state index in [0.717, 1.165) is 32.7 Å². The molecule has 0 spiro atoms. The van der Waals surface area contributed by atoms with Crippen molar-refractivity contribution in [3.05, 3.63) is 99.6 Å². The van der Waals surface area contributed by atoms with E-state index < -0.39 is 36.4 Å². The first-order chi connectivity index (χ1) is 18.3. The molecule has 0 saturated carbocycles. The second-order valence-electron chi connectivity index (χ2n) is 10.1. The van der Waals surface area contributed by atoms with Crippen molar-refractivity contribution in [2.45, 2.75) is 31.7 Å². The number of benzene rings is 3. The quantitative estimate of drug-likeness (QED) is 0.391. The highest BCUT2D eigenvalue weighted by atomic mass is 35.5. The SMILES string of the molecule is Cc1ccc(Cl)cc1NC(=O)COC(=O)[C@H](C)N1C(=O)[C@H]2C3c4ccccc4C(c4ccccc43)[C@@H]2C1=O. The van der Waals surface area contributed by atoms with Gasteiger partial charge in [0, 0.05) is 22.5 Å². The van der Waals surface area contributed by atoms with E-state index in [1.165, 1.54) is 6.92 Å². The Morgan fingerprint density at radius 2 is 1.39 bits per heavy atom. The summed E-state index contributed by atoms with van der Waals surface area (Å²) in [5.41, 5.74) is 5.55. The minimum Gasteiger partial charge on any atom is -0.454 e. The van der Waals surface area contributed by atoms with Gasteiger partial charge in [0.1, 0.15) is 6.04 Å². The van der Waals surface area contributed by atoms with Crippen molar-refractivity contribution >= 4 is 41.0 Å². The number of likely N-dealkylation sites (tertiary alicyclic amines) is 1. The van der Waals surface area contributed by atoms with Crippen LogP contribution in [-0.4, -0.2) is 41.2 Å². The van der Waals surface area contributed by atoms with Gasteiger partial charge in [-0.25, -0.2) is 4.79 Å². The Morgan fingerprint density at radius 3 is 1.89 bits per heavy atom. The summed E-state index contributed by atoms with van der Waals surface area (Å²) in [7, 11) is 0. The Bertz CT molecular complexity index is 1400. The molecule has 4 aliphatic rings. The Hall–Kier alpha value is -3.97. The van der Waals surface area contributed by atoms with Crippen molar-refractivity contribution in [1.82, 2.24) is 4.90 Å². The van der Waals surface area contributed by atoms with Crippen molar-refractivity contribution in [3.63, 3.8) is 0 Å². The Balaban J connectivity index is 1.21. The average Bonchev–Trinajstić information content (AvgIpc) is 3.19. The molecule has 2 bridgehead atoms. The van der Waals surface area contributed by atoms with Crippen LogP contribution in [0.15, 0.2) is 66.7 Å². The maximum absolute atomic E-state index is 13.8. The summed E-state index contributed by atoms with van der Waals surface area (Å²) in [5.74, 6) is -3.78. The molecule has 3 amide bonds. The third-order valence-electron chi connectivity index (χ3n) is 8.03. The number of anilines is 1. The second-order valence-corrected chi connectivity index (χ2v) is 10.5. The van der Waals surface area contributed by atoms with Gasteiger partial charge in [-0.3, -0.25) is 19.3 Å². The number of ether oxygens (including phenoxy) is 1. The molecule has 192 valence electrons. The number of carbonyl (C=O) groups is 4. The highest BCUT2D eigenvalue weighted by molar-refractivity contribution is 6.31. The van der Waals surface area contributed by atoms with Crippen LogP contribution in [0.3, 0.4) is 0 Å². The number of nitrogens with one attached hydrogen (secondary N) is 1. The van der Waals surface area contributed by atoms with Crippen molar-refractivity contribution < 1.29 is 23.9 Å². The number of amides is 3.